The Hall–Kier alpha value is -3.85. The van der Waals surface area contributed by atoms with Crippen LogP contribution < -0.4 is 10.9 Å². The average molecular weight is 508 g/mol. The van der Waals surface area contributed by atoms with Crippen LogP contribution in [0.2, 0.25) is 0 Å². The van der Waals surface area contributed by atoms with E-state index in [-0.39, 0.29) is 11.1 Å². The molecule has 0 atom stereocenters. The van der Waals surface area contributed by atoms with E-state index >= 15 is 0 Å². The minimum absolute atomic E-state index is 0.179. The third kappa shape index (κ3) is 4.42. The fourth-order valence-corrected chi connectivity index (χ4v) is 5.60. The van der Waals surface area contributed by atoms with Gasteiger partial charge < -0.3 is 10.3 Å². The summed E-state index contributed by atoms with van der Waals surface area (Å²) in [4.78, 5) is 33.8. The van der Waals surface area contributed by atoms with E-state index in [4.69, 9.17) is 0 Å². The molecule has 36 heavy (non-hydrogen) atoms. The van der Waals surface area contributed by atoms with Gasteiger partial charge >= 0.3 is 6.18 Å². The van der Waals surface area contributed by atoms with E-state index in [0.717, 1.165) is 38.1 Å². The van der Waals surface area contributed by atoms with Crippen LogP contribution in [-0.4, -0.2) is 15.9 Å². The molecule has 2 aromatic carbocycles. The lowest BCUT2D eigenvalue weighted by Gasteiger charge is -2.29. The highest BCUT2D eigenvalue weighted by Gasteiger charge is 2.37. The number of hydrogen-bond donors (Lipinski definition) is 2. The van der Waals surface area contributed by atoms with Gasteiger partial charge in [-0.3, -0.25) is 14.6 Å². The fraction of sp³-hybridized carbons (Fsp3) is 0.148. The van der Waals surface area contributed by atoms with E-state index in [1.807, 2.05) is 55.2 Å². The molecule has 0 unspecified atom stereocenters. The Balaban J connectivity index is 1.60. The molecule has 182 valence electrons. The molecular formula is C27H20F3N3O2S. The van der Waals surface area contributed by atoms with Crippen LogP contribution in [-0.2, 0) is 6.18 Å². The number of hydrogen-bond acceptors (Lipinski definition) is 4. The van der Waals surface area contributed by atoms with E-state index in [0.29, 0.717) is 0 Å². The van der Waals surface area contributed by atoms with Crippen molar-refractivity contribution in [1.29, 1.82) is 0 Å². The summed E-state index contributed by atoms with van der Waals surface area (Å²) in [5.41, 5.74) is 0.963. The molecule has 0 saturated carbocycles. The zero-order chi connectivity index (χ0) is 25.6. The van der Waals surface area contributed by atoms with Gasteiger partial charge in [0.1, 0.15) is 11.3 Å². The first-order valence-corrected chi connectivity index (χ1v) is 11.9. The van der Waals surface area contributed by atoms with Crippen LogP contribution in [0.4, 0.5) is 13.2 Å². The molecule has 5 nitrogen and oxygen atoms in total. The van der Waals surface area contributed by atoms with Crippen molar-refractivity contribution in [3.63, 3.8) is 0 Å². The first-order chi connectivity index (χ1) is 17.1. The molecule has 0 fully saturated rings. The summed E-state index contributed by atoms with van der Waals surface area (Å²) in [5, 5.41) is 2.90. The van der Waals surface area contributed by atoms with Gasteiger partial charge in [-0.25, -0.2) is 0 Å². The Labute approximate surface area is 208 Å². The molecule has 2 N–H and O–H groups in total. The molecular weight excluding hydrogens is 487 g/mol. The minimum atomic E-state index is -4.82. The highest BCUT2D eigenvalue weighted by molar-refractivity contribution is 7.99. The number of carbonyl (C=O) groups is 1. The number of amides is 1. The predicted molar refractivity (Wildman–Crippen MR) is 131 cm³/mol. The molecule has 1 aliphatic rings. The summed E-state index contributed by atoms with van der Waals surface area (Å²) in [7, 11) is 0. The lowest BCUT2D eigenvalue weighted by Crippen LogP contribution is -2.35. The van der Waals surface area contributed by atoms with Crippen molar-refractivity contribution < 1.29 is 18.0 Å². The van der Waals surface area contributed by atoms with Gasteiger partial charge in [0.15, 0.2) is 0 Å². The normalized spacial score (nSPS) is 13.1. The molecule has 5 rings (SSSR count). The molecule has 2 aromatic heterocycles. The first kappa shape index (κ1) is 23.9. The highest BCUT2D eigenvalue weighted by atomic mass is 32.2. The number of rotatable bonds is 3. The van der Waals surface area contributed by atoms with Crippen LogP contribution in [0.3, 0.4) is 0 Å². The number of aromatic nitrogens is 2. The second kappa shape index (κ2) is 8.98. The Bertz CT molecular complexity index is 1500. The van der Waals surface area contributed by atoms with Gasteiger partial charge in [0.2, 0.25) is 0 Å². The topological polar surface area (TPSA) is 74.8 Å². The molecule has 0 bridgehead atoms. The number of nitrogens with zero attached hydrogens (tertiary/aromatic N) is 1. The van der Waals surface area contributed by atoms with Crippen LogP contribution in [0.25, 0.3) is 11.1 Å². The molecule has 1 aliphatic heterocycles. The van der Waals surface area contributed by atoms with E-state index in [9.17, 15) is 22.8 Å². The van der Waals surface area contributed by atoms with Gasteiger partial charge in [-0.05, 0) is 72.0 Å². The van der Waals surface area contributed by atoms with Gasteiger partial charge in [0.05, 0.1) is 6.04 Å². The lowest BCUT2D eigenvalue weighted by atomic mass is 9.95. The van der Waals surface area contributed by atoms with Gasteiger partial charge in [-0.2, -0.15) is 13.2 Å². The Morgan fingerprint density at radius 3 is 2.08 bits per heavy atom. The van der Waals surface area contributed by atoms with Gasteiger partial charge in [0, 0.05) is 27.7 Å². The molecule has 0 saturated heterocycles. The van der Waals surface area contributed by atoms with Crippen LogP contribution in [0.1, 0.15) is 44.3 Å². The summed E-state index contributed by atoms with van der Waals surface area (Å²) >= 11 is 1.59. The summed E-state index contributed by atoms with van der Waals surface area (Å²) in [5.74, 6) is -0.768. The number of aromatic amines is 1. The molecule has 4 aromatic rings. The van der Waals surface area contributed by atoms with Gasteiger partial charge in [-0.15, -0.1) is 0 Å². The van der Waals surface area contributed by atoms with Gasteiger partial charge in [0.25, 0.3) is 11.5 Å². The Kier molecular flexibility index (Phi) is 5.96. The third-order valence-electron chi connectivity index (χ3n) is 6.02. The van der Waals surface area contributed by atoms with Crippen molar-refractivity contribution in [1.82, 2.24) is 15.3 Å². The molecule has 0 aliphatic carbocycles. The maximum Gasteiger partial charge on any atom is 0.431 e. The smallest absolute Gasteiger partial charge is 0.341 e. The minimum Gasteiger partial charge on any atom is -0.341 e. The predicted octanol–water partition coefficient (Wildman–Crippen LogP) is 6.06. The number of fused-ring (bicyclic) bond motifs is 2. The van der Waals surface area contributed by atoms with Crippen molar-refractivity contribution in [2.75, 3.05) is 0 Å². The molecule has 3 heterocycles. The number of nitrogens with one attached hydrogen (secondary N) is 2. The number of H-pyrrole nitrogens is 1. The second-order valence-corrected chi connectivity index (χ2v) is 9.71. The Morgan fingerprint density at radius 2 is 1.53 bits per heavy atom. The number of halogens is 3. The monoisotopic (exact) mass is 507 g/mol. The van der Waals surface area contributed by atoms with E-state index in [1.54, 1.807) is 11.8 Å². The quantitative estimate of drug-likeness (QED) is 0.354. The van der Waals surface area contributed by atoms with Crippen LogP contribution in [0.5, 0.6) is 0 Å². The van der Waals surface area contributed by atoms with E-state index in [1.165, 1.54) is 24.5 Å². The van der Waals surface area contributed by atoms with E-state index < -0.39 is 34.9 Å². The fourth-order valence-electron chi connectivity index (χ4n) is 4.27. The zero-order valence-electron chi connectivity index (χ0n) is 19.2. The Morgan fingerprint density at radius 1 is 0.944 bits per heavy atom. The number of aryl methyl sites for hydroxylation is 2. The number of benzene rings is 2. The summed E-state index contributed by atoms with van der Waals surface area (Å²) < 4.78 is 41.2. The maximum atomic E-state index is 13.7. The molecule has 1 amide bonds. The summed E-state index contributed by atoms with van der Waals surface area (Å²) in [6.07, 6.45) is -2.13. The third-order valence-corrected chi connectivity index (χ3v) is 7.16. The summed E-state index contributed by atoms with van der Waals surface area (Å²) in [6.45, 7) is 3.95. The standard InChI is InChI=1S/C27H20F3N3O2S/c1-14-3-5-17-21(11-14)36-22-12-15(2)4-6-18(22)23(17)32-25(34)20-13-19(16-7-9-31-10-8-16)24(27(28,29)30)33-26(20)35/h3-13,23H,1-2H3,(H,32,34)(H,33,35). The molecule has 0 spiro atoms. The summed E-state index contributed by atoms with van der Waals surface area (Å²) in [6, 6.07) is 15.0. The number of alkyl halides is 3. The van der Waals surface area contributed by atoms with Crippen molar-refractivity contribution in [2.45, 2.75) is 35.9 Å². The maximum absolute atomic E-state index is 13.7. The molecule has 9 heteroatoms. The SMILES string of the molecule is Cc1ccc2c(c1)Sc1cc(C)ccc1C2NC(=O)c1cc(-c2ccncc2)c(C(F)(F)F)[nH]c1=O. The van der Waals surface area contributed by atoms with Crippen molar-refractivity contribution in [3.8, 4) is 11.1 Å². The van der Waals surface area contributed by atoms with Crippen LogP contribution in [0.15, 0.2) is 81.6 Å². The lowest BCUT2D eigenvalue weighted by molar-refractivity contribution is -0.140. The second-order valence-electron chi connectivity index (χ2n) is 8.63. The first-order valence-electron chi connectivity index (χ1n) is 11.1. The van der Waals surface area contributed by atoms with Crippen LogP contribution >= 0.6 is 11.8 Å². The van der Waals surface area contributed by atoms with Crippen LogP contribution in [0, 0.1) is 13.8 Å². The molecule has 0 radical (unpaired) electrons. The largest absolute Gasteiger partial charge is 0.431 e. The zero-order valence-corrected chi connectivity index (χ0v) is 20.1. The van der Waals surface area contributed by atoms with Gasteiger partial charge in [-0.1, -0.05) is 36.0 Å². The average Bonchev–Trinajstić information content (AvgIpc) is 2.83. The van der Waals surface area contributed by atoms with Crippen molar-refractivity contribution in [2.24, 2.45) is 0 Å². The van der Waals surface area contributed by atoms with Crippen molar-refractivity contribution in [3.05, 3.63) is 111 Å². The number of carbonyl (C=O) groups excluding carboxylic acids is 1. The number of pyridine rings is 2. The highest BCUT2D eigenvalue weighted by Crippen LogP contribution is 2.45. The van der Waals surface area contributed by atoms with E-state index in [2.05, 4.69) is 10.3 Å². The van der Waals surface area contributed by atoms with Crippen molar-refractivity contribution >= 4 is 17.7 Å².